The zero-order valence-electron chi connectivity index (χ0n) is 6.66. The van der Waals surface area contributed by atoms with Crippen LogP contribution in [0.3, 0.4) is 0 Å². The van der Waals surface area contributed by atoms with Crippen molar-refractivity contribution in [3.63, 3.8) is 0 Å². The second-order valence-electron chi connectivity index (χ2n) is 4.08. The Morgan fingerprint density at radius 3 is 2.73 bits per heavy atom. The van der Waals surface area contributed by atoms with E-state index in [0.29, 0.717) is 23.4 Å². The molecule has 2 bridgehead atoms. The van der Waals surface area contributed by atoms with Crippen LogP contribution in [0.1, 0.15) is 6.42 Å². The number of hydrogen-bond donors (Lipinski definition) is 2. The molecule has 4 heteroatoms. The average molecular weight is 153 g/mol. The van der Waals surface area contributed by atoms with Gasteiger partial charge in [0, 0.05) is 18.9 Å². The van der Waals surface area contributed by atoms with Crippen LogP contribution in [0.2, 0.25) is 0 Å². The van der Waals surface area contributed by atoms with Gasteiger partial charge in [-0.25, -0.2) is 0 Å². The Bertz CT molecular complexity index is 189. The summed E-state index contributed by atoms with van der Waals surface area (Å²) in [6, 6.07) is 0. The van der Waals surface area contributed by atoms with Gasteiger partial charge in [0.25, 0.3) is 0 Å². The summed E-state index contributed by atoms with van der Waals surface area (Å²) in [7, 11) is 5.97. The van der Waals surface area contributed by atoms with Gasteiger partial charge in [0.1, 0.15) is 5.60 Å². The first-order chi connectivity index (χ1) is 5.08. The van der Waals surface area contributed by atoms with Crippen molar-refractivity contribution in [1.82, 2.24) is 0 Å². The van der Waals surface area contributed by atoms with Crippen LogP contribution in [-0.2, 0) is 0 Å². The highest BCUT2D eigenvalue weighted by Gasteiger charge is 2.56. The fourth-order valence-electron chi connectivity index (χ4n) is 2.52. The van der Waals surface area contributed by atoms with Crippen LogP contribution < -0.4 is 5.73 Å². The molecule has 2 fully saturated rings. The largest absolute Gasteiger partial charge is 0.481 e. The van der Waals surface area contributed by atoms with Crippen molar-refractivity contribution in [2.45, 2.75) is 12.0 Å². The lowest BCUT2D eigenvalue weighted by molar-refractivity contribution is -0.798. The van der Waals surface area contributed by atoms with E-state index in [4.69, 9.17) is 13.7 Å². The summed E-state index contributed by atoms with van der Waals surface area (Å²) in [5, 5.41) is 9.93. The minimum Gasteiger partial charge on any atom is -0.394 e. The number of rotatable bonds is 1. The zero-order valence-corrected chi connectivity index (χ0v) is 6.66. The van der Waals surface area contributed by atoms with Crippen LogP contribution in [0.15, 0.2) is 0 Å². The quantitative estimate of drug-likeness (QED) is 0.455. The number of piperidine rings is 1. The smallest absolute Gasteiger partial charge is 0.394 e. The summed E-state index contributed by atoms with van der Waals surface area (Å²) in [5.41, 5.74) is 4.84. The van der Waals surface area contributed by atoms with E-state index in [-0.39, 0.29) is 0 Å². The van der Waals surface area contributed by atoms with Crippen LogP contribution in [0.5, 0.6) is 0 Å². The van der Waals surface area contributed by atoms with E-state index < -0.39 is 5.60 Å². The summed E-state index contributed by atoms with van der Waals surface area (Å²) in [5.74, 6) is 0.345. The molecule has 3 unspecified atom stereocenters. The Labute approximate surface area is 68.2 Å². The van der Waals surface area contributed by atoms with E-state index in [1.54, 1.807) is 0 Å². The molecule has 0 spiro atoms. The first kappa shape index (κ1) is 7.59. The van der Waals surface area contributed by atoms with Crippen molar-refractivity contribution in [3.8, 4) is 0 Å². The van der Waals surface area contributed by atoms with E-state index in [9.17, 15) is 5.11 Å². The molecular formula is C7H14BN2O+. The van der Waals surface area contributed by atoms with Gasteiger partial charge in [-0.15, -0.1) is 0 Å². The molecule has 0 amide bonds. The molecule has 2 aliphatic heterocycles. The van der Waals surface area contributed by atoms with Crippen molar-refractivity contribution in [1.29, 1.82) is 0 Å². The highest BCUT2D eigenvalue weighted by atomic mass is 16.3. The molecule has 2 saturated heterocycles. The minimum absolute atomic E-state index is 0.345. The van der Waals surface area contributed by atoms with Crippen LogP contribution in [-0.4, -0.2) is 49.3 Å². The second kappa shape index (κ2) is 2.00. The van der Waals surface area contributed by atoms with Gasteiger partial charge in [0.2, 0.25) is 0 Å². The van der Waals surface area contributed by atoms with Gasteiger partial charge in [-0.05, 0) is 0 Å². The molecule has 11 heavy (non-hydrogen) atoms. The third kappa shape index (κ3) is 0.933. The topological polar surface area (TPSA) is 46.2 Å². The number of aliphatic hydroxyl groups is 1. The van der Waals surface area contributed by atoms with Crippen molar-refractivity contribution in [2.24, 2.45) is 11.7 Å². The highest BCUT2D eigenvalue weighted by Crippen LogP contribution is 2.39. The van der Waals surface area contributed by atoms with Crippen molar-refractivity contribution in [3.05, 3.63) is 0 Å². The lowest BCUT2D eigenvalue weighted by Crippen LogP contribution is -2.53. The number of nitrogens with zero attached hydrogens (tertiary/aromatic N) is 1. The van der Waals surface area contributed by atoms with Crippen LogP contribution in [0.25, 0.3) is 0 Å². The lowest BCUT2D eigenvalue weighted by atomic mass is 9.87. The summed E-state index contributed by atoms with van der Waals surface area (Å²) in [6.07, 6.45) is 1.03. The van der Waals surface area contributed by atoms with Crippen LogP contribution >= 0.6 is 0 Å². The summed E-state index contributed by atoms with van der Waals surface area (Å²) < 4.78 is 0.540. The molecule has 0 aromatic rings. The molecule has 60 valence electrons. The molecule has 3 nitrogen and oxygen atoms in total. The molecule has 2 heterocycles. The molecule has 2 aliphatic rings. The van der Waals surface area contributed by atoms with E-state index in [1.807, 2.05) is 0 Å². The second-order valence-corrected chi connectivity index (χ2v) is 4.08. The highest BCUT2D eigenvalue weighted by molar-refractivity contribution is 5.97. The van der Waals surface area contributed by atoms with Crippen LogP contribution in [0, 0.1) is 5.92 Å². The monoisotopic (exact) mass is 153 g/mol. The molecule has 2 radical (unpaired) electrons. The fourth-order valence-corrected chi connectivity index (χ4v) is 2.52. The first-order valence-electron chi connectivity index (χ1n) is 4.15. The van der Waals surface area contributed by atoms with Gasteiger partial charge in [-0.1, -0.05) is 0 Å². The van der Waals surface area contributed by atoms with E-state index in [2.05, 4.69) is 0 Å². The molecule has 0 aliphatic carbocycles. The Balaban J connectivity index is 2.21. The first-order valence-corrected chi connectivity index (χ1v) is 4.15. The van der Waals surface area contributed by atoms with Crippen molar-refractivity contribution < 1.29 is 9.50 Å². The van der Waals surface area contributed by atoms with Gasteiger partial charge in [-0.3, -0.25) is 0 Å². The fraction of sp³-hybridized carbons (Fsp3) is 1.00. The maximum Gasteiger partial charge on any atom is 0.481 e. The van der Waals surface area contributed by atoms with E-state index >= 15 is 0 Å². The molecule has 0 saturated carbocycles. The predicted molar refractivity (Wildman–Crippen MR) is 42.7 cm³/mol. The summed E-state index contributed by atoms with van der Waals surface area (Å²) >= 11 is 0. The predicted octanol–water partition coefficient (Wildman–Crippen LogP) is -1.39. The zero-order chi connectivity index (χ0) is 8.11. The van der Waals surface area contributed by atoms with Gasteiger partial charge in [0.05, 0.1) is 19.6 Å². The lowest BCUT2D eigenvalue weighted by Gasteiger charge is -2.34. The molecule has 0 aromatic carbocycles. The third-order valence-corrected chi connectivity index (χ3v) is 3.21. The number of fused-ring (bicyclic) bond motifs is 2. The summed E-state index contributed by atoms with van der Waals surface area (Å²) in [4.78, 5) is 0. The Morgan fingerprint density at radius 1 is 1.73 bits per heavy atom. The molecular weight excluding hydrogens is 139 g/mol. The number of hydrogen-bond acceptors (Lipinski definition) is 2. The van der Waals surface area contributed by atoms with Crippen LogP contribution in [0.4, 0.5) is 0 Å². The van der Waals surface area contributed by atoms with Gasteiger partial charge in [0.15, 0.2) is 0 Å². The Hall–Kier alpha value is -0.0551. The molecule has 3 atom stereocenters. The van der Waals surface area contributed by atoms with Gasteiger partial charge >= 0.3 is 7.98 Å². The maximum absolute atomic E-state index is 9.93. The Kier molecular flexibility index (Phi) is 1.38. The number of nitrogens with two attached hydrogens (primary N) is 1. The minimum atomic E-state index is -0.660. The van der Waals surface area contributed by atoms with Crippen molar-refractivity contribution >= 4 is 7.98 Å². The third-order valence-electron chi connectivity index (χ3n) is 3.21. The standard InChI is InChI=1S/C7H14BN2O/c8-10-2-1-6(3-10)7(11,4-9)5-10/h6,11H,1-5,9H2/q+1. The van der Waals surface area contributed by atoms with Crippen molar-refractivity contribution in [2.75, 3.05) is 26.2 Å². The summed E-state index contributed by atoms with van der Waals surface area (Å²) in [6.45, 7) is 2.92. The van der Waals surface area contributed by atoms with Gasteiger partial charge in [-0.2, -0.15) is 0 Å². The molecule has 2 rings (SSSR count). The SMILES string of the molecule is [B][N+]12CCC(C1)C(O)(CN)C2. The number of quaternary nitrogens is 1. The Morgan fingerprint density at radius 2 is 2.45 bits per heavy atom. The maximum atomic E-state index is 9.93. The molecule has 3 N–H and O–H groups in total. The molecule has 0 aromatic heterocycles. The van der Waals surface area contributed by atoms with E-state index in [1.165, 1.54) is 0 Å². The average Bonchev–Trinajstić information content (AvgIpc) is 2.41. The van der Waals surface area contributed by atoms with Gasteiger partial charge < -0.3 is 15.2 Å². The van der Waals surface area contributed by atoms with E-state index in [0.717, 1.165) is 19.5 Å². The normalized spacial score (nSPS) is 55.3.